The first-order valence-electron chi connectivity index (χ1n) is 3.09. The van der Waals surface area contributed by atoms with Crippen molar-refractivity contribution in [2.75, 3.05) is 0 Å². The summed E-state index contributed by atoms with van der Waals surface area (Å²) in [6.07, 6.45) is 4.24. The van der Waals surface area contributed by atoms with Gasteiger partial charge in [-0.05, 0) is 19.1 Å². The molecule has 52 valence electrons. The summed E-state index contributed by atoms with van der Waals surface area (Å²) in [5.74, 6) is 0. The fourth-order valence-electron chi connectivity index (χ4n) is 0.887. The van der Waals surface area contributed by atoms with E-state index in [-0.39, 0.29) is 0 Å². The van der Waals surface area contributed by atoms with Crippen molar-refractivity contribution in [1.82, 2.24) is 0 Å². The first-order valence-corrected chi connectivity index (χ1v) is 3.09. The number of nitrogens with two attached hydrogens (primary N) is 1. The molecule has 0 atom stereocenters. The Morgan fingerprint density at radius 3 is 2.90 bits per heavy atom. The molecule has 3 nitrogen and oxygen atoms in total. The van der Waals surface area contributed by atoms with Crippen LogP contribution < -0.4 is 5.73 Å². The van der Waals surface area contributed by atoms with Gasteiger partial charge in [-0.2, -0.15) is 4.79 Å². The van der Waals surface area contributed by atoms with Gasteiger partial charge < -0.3 is 11.3 Å². The van der Waals surface area contributed by atoms with Crippen molar-refractivity contribution in [3.05, 3.63) is 29.0 Å². The summed E-state index contributed by atoms with van der Waals surface area (Å²) in [6.45, 7) is 1.87. The molecule has 1 aliphatic carbocycles. The maximum absolute atomic E-state index is 8.42. The maximum atomic E-state index is 8.42. The molecular formula is C7H9N3. The summed E-state index contributed by atoms with van der Waals surface area (Å²) < 4.78 is 0. The molecule has 0 bridgehead atoms. The Balaban J connectivity index is 2.99. The van der Waals surface area contributed by atoms with Crippen molar-refractivity contribution in [2.24, 2.45) is 5.73 Å². The zero-order valence-electron chi connectivity index (χ0n) is 5.83. The SMILES string of the molecule is CC1=CC(N)=CCC1=[N+]=[N-]. The van der Waals surface area contributed by atoms with Crippen molar-refractivity contribution in [2.45, 2.75) is 13.3 Å². The Hall–Kier alpha value is -1.34. The molecule has 0 aliphatic heterocycles. The molecule has 0 unspecified atom stereocenters. The van der Waals surface area contributed by atoms with Crippen LogP contribution in [-0.2, 0) is 0 Å². The molecule has 0 aromatic rings. The van der Waals surface area contributed by atoms with E-state index >= 15 is 0 Å². The van der Waals surface area contributed by atoms with Gasteiger partial charge in [0.2, 0.25) is 0 Å². The number of hydrogen-bond acceptors (Lipinski definition) is 1. The molecule has 1 aliphatic rings. The molecule has 0 aromatic heterocycles. The van der Waals surface area contributed by atoms with E-state index in [1.54, 1.807) is 6.08 Å². The molecular weight excluding hydrogens is 126 g/mol. The Labute approximate surface area is 59.5 Å². The number of hydrogen-bond donors (Lipinski definition) is 1. The lowest BCUT2D eigenvalue weighted by Gasteiger charge is -2.00. The van der Waals surface area contributed by atoms with Crippen LogP contribution in [0.3, 0.4) is 0 Å². The lowest BCUT2D eigenvalue weighted by atomic mass is 10.0. The Morgan fingerprint density at radius 2 is 2.40 bits per heavy atom. The lowest BCUT2D eigenvalue weighted by molar-refractivity contribution is -0.00647. The lowest BCUT2D eigenvalue weighted by Crippen LogP contribution is -2.08. The van der Waals surface area contributed by atoms with Crippen LogP contribution in [-0.4, -0.2) is 10.5 Å². The summed E-state index contributed by atoms with van der Waals surface area (Å²) in [7, 11) is 0. The Bertz CT molecular complexity index is 254. The van der Waals surface area contributed by atoms with E-state index < -0.39 is 0 Å². The second-order valence-corrected chi connectivity index (χ2v) is 2.28. The molecule has 0 saturated heterocycles. The van der Waals surface area contributed by atoms with E-state index in [9.17, 15) is 0 Å². The van der Waals surface area contributed by atoms with Gasteiger partial charge in [0.25, 0.3) is 5.71 Å². The third kappa shape index (κ3) is 1.14. The quantitative estimate of drug-likeness (QED) is 0.388. The summed E-state index contributed by atoms with van der Waals surface area (Å²) in [5, 5.41) is 0. The highest BCUT2D eigenvalue weighted by molar-refractivity contribution is 5.97. The summed E-state index contributed by atoms with van der Waals surface area (Å²) in [5.41, 5.74) is 16.3. The molecule has 2 N–H and O–H groups in total. The molecule has 10 heavy (non-hydrogen) atoms. The van der Waals surface area contributed by atoms with Gasteiger partial charge in [-0.1, -0.05) is 0 Å². The Kier molecular flexibility index (Phi) is 1.69. The maximum Gasteiger partial charge on any atom is 0.298 e. The van der Waals surface area contributed by atoms with Gasteiger partial charge in [0.05, 0.1) is 6.42 Å². The van der Waals surface area contributed by atoms with Crippen LogP contribution in [0.2, 0.25) is 0 Å². The minimum Gasteiger partial charge on any atom is -0.399 e. The van der Waals surface area contributed by atoms with Crippen molar-refractivity contribution < 1.29 is 4.79 Å². The molecule has 3 heteroatoms. The summed E-state index contributed by atoms with van der Waals surface area (Å²) in [6, 6.07) is 0. The van der Waals surface area contributed by atoms with Crippen LogP contribution in [0.15, 0.2) is 23.4 Å². The van der Waals surface area contributed by atoms with Crippen LogP contribution in [0.25, 0.3) is 5.53 Å². The largest absolute Gasteiger partial charge is 0.399 e. The summed E-state index contributed by atoms with van der Waals surface area (Å²) >= 11 is 0. The topological polar surface area (TPSA) is 62.4 Å². The van der Waals surface area contributed by atoms with Crippen LogP contribution in [0.4, 0.5) is 0 Å². The highest BCUT2D eigenvalue weighted by atomic mass is 14.9. The van der Waals surface area contributed by atoms with Gasteiger partial charge in [0, 0.05) is 11.3 Å². The third-order valence-electron chi connectivity index (χ3n) is 1.49. The third-order valence-corrected chi connectivity index (χ3v) is 1.49. The highest BCUT2D eigenvalue weighted by Gasteiger charge is 2.12. The Morgan fingerprint density at radius 1 is 1.70 bits per heavy atom. The van der Waals surface area contributed by atoms with Crippen molar-refractivity contribution in [3.8, 4) is 0 Å². The molecule has 0 amide bonds. The van der Waals surface area contributed by atoms with Crippen LogP contribution in [0, 0.1) is 0 Å². The van der Waals surface area contributed by atoms with Crippen molar-refractivity contribution >= 4 is 5.71 Å². The first kappa shape index (κ1) is 6.78. The number of allylic oxidation sites excluding steroid dienone is 3. The number of rotatable bonds is 0. The zero-order chi connectivity index (χ0) is 7.56. The van der Waals surface area contributed by atoms with Gasteiger partial charge in [-0.15, -0.1) is 0 Å². The van der Waals surface area contributed by atoms with E-state index in [1.165, 1.54) is 0 Å². The molecule has 0 fully saturated rings. The fourth-order valence-corrected chi connectivity index (χ4v) is 0.887. The minimum absolute atomic E-state index is 0.630. The highest BCUT2D eigenvalue weighted by Crippen LogP contribution is 2.09. The van der Waals surface area contributed by atoms with Crippen LogP contribution >= 0.6 is 0 Å². The smallest absolute Gasteiger partial charge is 0.298 e. The second-order valence-electron chi connectivity index (χ2n) is 2.28. The zero-order valence-corrected chi connectivity index (χ0v) is 5.83. The molecule has 0 saturated carbocycles. The van der Waals surface area contributed by atoms with Gasteiger partial charge in [0.1, 0.15) is 0 Å². The first-order chi connectivity index (χ1) is 4.74. The van der Waals surface area contributed by atoms with E-state index in [0.29, 0.717) is 12.1 Å². The van der Waals surface area contributed by atoms with E-state index in [1.807, 2.05) is 13.0 Å². The fraction of sp³-hybridized carbons (Fsp3) is 0.286. The normalized spacial score (nSPS) is 17.5. The average molecular weight is 135 g/mol. The average Bonchev–Trinajstić information content (AvgIpc) is 1.88. The van der Waals surface area contributed by atoms with Gasteiger partial charge in [-0.3, -0.25) is 0 Å². The van der Waals surface area contributed by atoms with E-state index in [2.05, 4.69) is 4.79 Å². The van der Waals surface area contributed by atoms with Gasteiger partial charge in [0.15, 0.2) is 0 Å². The number of nitrogens with zero attached hydrogens (tertiary/aromatic N) is 2. The van der Waals surface area contributed by atoms with Gasteiger partial charge in [-0.25, -0.2) is 0 Å². The predicted molar refractivity (Wildman–Crippen MR) is 39.3 cm³/mol. The van der Waals surface area contributed by atoms with Crippen molar-refractivity contribution in [3.63, 3.8) is 0 Å². The monoisotopic (exact) mass is 135 g/mol. The van der Waals surface area contributed by atoms with E-state index in [0.717, 1.165) is 11.3 Å². The van der Waals surface area contributed by atoms with Crippen molar-refractivity contribution in [1.29, 1.82) is 0 Å². The summed E-state index contributed by atoms with van der Waals surface area (Å²) in [4.78, 5) is 3.11. The molecule has 1 rings (SSSR count). The van der Waals surface area contributed by atoms with E-state index in [4.69, 9.17) is 11.3 Å². The van der Waals surface area contributed by atoms with Gasteiger partial charge >= 0.3 is 0 Å². The standard InChI is InChI=1S/C7H9N3/c1-5-4-6(8)2-3-7(5)10-9/h2,4H,3,8H2,1H3. The molecule has 0 spiro atoms. The molecule has 0 heterocycles. The molecule has 0 aromatic carbocycles. The predicted octanol–water partition coefficient (Wildman–Crippen LogP) is 0.850. The minimum atomic E-state index is 0.630. The second kappa shape index (κ2) is 2.50. The molecule has 0 radical (unpaired) electrons. The van der Waals surface area contributed by atoms with Crippen LogP contribution in [0.5, 0.6) is 0 Å². The van der Waals surface area contributed by atoms with Crippen LogP contribution in [0.1, 0.15) is 13.3 Å².